The number of aryl methyl sites for hydroxylation is 1. The second-order valence-corrected chi connectivity index (χ2v) is 8.47. The fraction of sp³-hybridized carbons (Fsp3) is 0.571. The first-order valence-corrected chi connectivity index (χ1v) is 8.80. The Balaban J connectivity index is 2.33. The zero-order valence-electron chi connectivity index (χ0n) is 11.6. The molecule has 2 unspecified atom stereocenters. The molecule has 1 aliphatic rings. The maximum Gasteiger partial charge on any atom is 0.243 e. The third-order valence-corrected chi connectivity index (χ3v) is 6.32. The lowest BCUT2D eigenvalue weighted by Crippen LogP contribution is -2.42. The third kappa shape index (κ3) is 3.20. The molecule has 0 radical (unpaired) electrons. The van der Waals surface area contributed by atoms with Gasteiger partial charge in [-0.15, -0.1) is 0 Å². The highest BCUT2D eigenvalue weighted by Crippen LogP contribution is 2.28. The summed E-state index contributed by atoms with van der Waals surface area (Å²) in [4.78, 5) is 0.398. The van der Waals surface area contributed by atoms with Crippen molar-refractivity contribution < 1.29 is 8.42 Å². The Morgan fingerprint density at radius 3 is 2.32 bits per heavy atom. The van der Waals surface area contributed by atoms with Gasteiger partial charge in [0.1, 0.15) is 0 Å². The minimum absolute atomic E-state index is 0.398. The van der Waals surface area contributed by atoms with Crippen LogP contribution in [0.1, 0.15) is 25.8 Å². The average Bonchev–Trinajstić information content (AvgIpc) is 2.31. The number of hydrogen-bond acceptors (Lipinski definition) is 2. The van der Waals surface area contributed by atoms with Crippen LogP contribution in [0.5, 0.6) is 0 Å². The molecule has 1 saturated heterocycles. The highest BCUT2D eigenvalue weighted by molar-refractivity contribution is 9.10. The normalized spacial score (nSPS) is 25.5. The Morgan fingerprint density at radius 1 is 1.21 bits per heavy atom. The summed E-state index contributed by atoms with van der Waals surface area (Å²) in [6.45, 7) is 7.39. The maximum absolute atomic E-state index is 12.7. The molecule has 106 valence electrons. The molecule has 19 heavy (non-hydrogen) atoms. The summed E-state index contributed by atoms with van der Waals surface area (Å²) in [5.74, 6) is 0.852. The predicted octanol–water partition coefficient (Wildman–Crippen LogP) is 3.42. The summed E-state index contributed by atoms with van der Waals surface area (Å²) in [6.07, 6.45) is 1.10. The van der Waals surface area contributed by atoms with Gasteiger partial charge in [0.05, 0.1) is 4.90 Å². The lowest BCUT2D eigenvalue weighted by atomic mass is 9.94. The Hall–Kier alpha value is -0.390. The van der Waals surface area contributed by atoms with Gasteiger partial charge in [-0.1, -0.05) is 29.8 Å². The SMILES string of the molecule is Cc1cc(S(=O)(=O)N2CC(C)CC(C)C2)ccc1Br. The van der Waals surface area contributed by atoms with E-state index in [-0.39, 0.29) is 0 Å². The van der Waals surface area contributed by atoms with Crippen LogP contribution < -0.4 is 0 Å². The summed E-state index contributed by atoms with van der Waals surface area (Å²) in [5.41, 5.74) is 0.944. The van der Waals surface area contributed by atoms with Crippen LogP contribution in [0, 0.1) is 18.8 Å². The van der Waals surface area contributed by atoms with E-state index in [0.717, 1.165) is 16.5 Å². The first kappa shape index (κ1) is 15.0. The standard InChI is InChI=1S/C14H20BrNO2S/c1-10-6-11(2)9-16(8-10)19(17,18)13-4-5-14(15)12(3)7-13/h4-5,7,10-11H,6,8-9H2,1-3H3. The fourth-order valence-corrected chi connectivity index (χ4v) is 4.74. The van der Waals surface area contributed by atoms with Gasteiger partial charge in [-0.3, -0.25) is 0 Å². The molecule has 1 fully saturated rings. The first-order chi connectivity index (χ1) is 8.80. The van der Waals surface area contributed by atoms with Gasteiger partial charge >= 0.3 is 0 Å². The molecule has 0 amide bonds. The van der Waals surface area contributed by atoms with E-state index in [9.17, 15) is 8.42 Å². The molecular weight excluding hydrogens is 326 g/mol. The van der Waals surface area contributed by atoms with Crippen LogP contribution in [-0.2, 0) is 10.0 Å². The lowest BCUT2D eigenvalue weighted by Gasteiger charge is -2.34. The molecule has 3 nitrogen and oxygen atoms in total. The molecule has 0 bridgehead atoms. The number of halogens is 1. The second-order valence-electron chi connectivity index (χ2n) is 5.68. The van der Waals surface area contributed by atoms with Crippen molar-refractivity contribution in [1.29, 1.82) is 0 Å². The number of sulfonamides is 1. The van der Waals surface area contributed by atoms with Crippen LogP contribution in [0.2, 0.25) is 0 Å². The van der Waals surface area contributed by atoms with Gasteiger partial charge in [0, 0.05) is 17.6 Å². The smallest absolute Gasteiger partial charge is 0.207 e. The average molecular weight is 346 g/mol. The van der Waals surface area contributed by atoms with Gasteiger partial charge in [0.15, 0.2) is 0 Å². The Labute approximate surface area is 124 Å². The number of rotatable bonds is 2. The minimum Gasteiger partial charge on any atom is -0.207 e. The zero-order chi connectivity index (χ0) is 14.2. The number of hydrogen-bond donors (Lipinski definition) is 0. The van der Waals surface area contributed by atoms with Crippen molar-refractivity contribution in [3.63, 3.8) is 0 Å². The van der Waals surface area contributed by atoms with Gasteiger partial charge < -0.3 is 0 Å². The van der Waals surface area contributed by atoms with Crippen molar-refractivity contribution >= 4 is 26.0 Å². The quantitative estimate of drug-likeness (QED) is 0.823. The summed E-state index contributed by atoms with van der Waals surface area (Å²) in [7, 11) is -3.35. The molecular formula is C14H20BrNO2S. The number of nitrogens with zero attached hydrogens (tertiary/aromatic N) is 1. The summed E-state index contributed by atoms with van der Waals surface area (Å²) >= 11 is 3.40. The van der Waals surface area contributed by atoms with Crippen LogP contribution >= 0.6 is 15.9 Å². The van der Waals surface area contributed by atoms with E-state index in [0.29, 0.717) is 29.8 Å². The van der Waals surface area contributed by atoms with E-state index >= 15 is 0 Å². The zero-order valence-corrected chi connectivity index (χ0v) is 14.0. The summed E-state index contributed by atoms with van der Waals surface area (Å²) < 4.78 is 27.9. The van der Waals surface area contributed by atoms with Gasteiger partial charge in [-0.05, 0) is 48.9 Å². The summed E-state index contributed by atoms with van der Waals surface area (Å²) in [6, 6.07) is 5.22. The Morgan fingerprint density at radius 2 is 1.79 bits per heavy atom. The lowest BCUT2D eigenvalue weighted by molar-refractivity contribution is 0.222. The fourth-order valence-electron chi connectivity index (χ4n) is 2.73. The van der Waals surface area contributed by atoms with Crippen molar-refractivity contribution in [2.75, 3.05) is 13.1 Å². The van der Waals surface area contributed by atoms with Crippen molar-refractivity contribution in [3.8, 4) is 0 Å². The minimum atomic E-state index is -3.35. The highest BCUT2D eigenvalue weighted by Gasteiger charge is 2.31. The van der Waals surface area contributed by atoms with E-state index in [1.807, 2.05) is 6.92 Å². The molecule has 0 aliphatic carbocycles. The van der Waals surface area contributed by atoms with Gasteiger partial charge in [0.25, 0.3) is 0 Å². The van der Waals surface area contributed by atoms with E-state index in [1.165, 1.54) is 0 Å². The molecule has 2 atom stereocenters. The van der Waals surface area contributed by atoms with E-state index in [1.54, 1.807) is 22.5 Å². The van der Waals surface area contributed by atoms with Crippen molar-refractivity contribution in [2.24, 2.45) is 11.8 Å². The van der Waals surface area contributed by atoms with Crippen molar-refractivity contribution in [1.82, 2.24) is 4.31 Å². The van der Waals surface area contributed by atoms with E-state index in [2.05, 4.69) is 29.8 Å². The predicted molar refractivity (Wildman–Crippen MR) is 80.6 cm³/mol. The van der Waals surface area contributed by atoms with Crippen LogP contribution in [0.25, 0.3) is 0 Å². The monoisotopic (exact) mass is 345 g/mol. The molecule has 1 aromatic rings. The molecule has 0 spiro atoms. The molecule has 1 heterocycles. The van der Waals surface area contributed by atoms with Gasteiger partial charge in [-0.2, -0.15) is 4.31 Å². The molecule has 0 aromatic heterocycles. The van der Waals surface area contributed by atoms with Crippen LogP contribution in [0.3, 0.4) is 0 Å². The Kier molecular flexibility index (Phi) is 4.38. The van der Waals surface area contributed by atoms with E-state index in [4.69, 9.17) is 0 Å². The van der Waals surface area contributed by atoms with Crippen molar-refractivity contribution in [3.05, 3.63) is 28.2 Å². The van der Waals surface area contributed by atoms with Crippen molar-refractivity contribution in [2.45, 2.75) is 32.1 Å². The van der Waals surface area contributed by atoms with Crippen LogP contribution in [0.15, 0.2) is 27.6 Å². The topological polar surface area (TPSA) is 37.4 Å². The largest absolute Gasteiger partial charge is 0.243 e. The molecule has 0 saturated carbocycles. The molecule has 1 aliphatic heterocycles. The molecule has 2 rings (SSSR count). The summed E-state index contributed by atoms with van der Waals surface area (Å²) in [5, 5.41) is 0. The van der Waals surface area contributed by atoms with Gasteiger partial charge in [-0.25, -0.2) is 8.42 Å². The first-order valence-electron chi connectivity index (χ1n) is 6.57. The van der Waals surface area contributed by atoms with Crippen LogP contribution in [0.4, 0.5) is 0 Å². The second kappa shape index (κ2) is 5.54. The number of piperidine rings is 1. The number of benzene rings is 1. The van der Waals surface area contributed by atoms with Crippen LogP contribution in [-0.4, -0.2) is 25.8 Å². The molecule has 0 N–H and O–H groups in total. The highest BCUT2D eigenvalue weighted by atomic mass is 79.9. The Bertz CT molecular complexity index is 561. The van der Waals surface area contributed by atoms with E-state index < -0.39 is 10.0 Å². The molecule has 5 heteroatoms. The van der Waals surface area contributed by atoms with Gasteiger partial charge in [0.2, 0.25) is 10.0 Å². The maximum atomic E-state index is 12.7. The third-order valence-electron chi connectivity index (χ3n) is 3.60. The molecule has 1 aromatic carbocycles.